The minimum atomic E-state index is -0.247. The van der Waals surface area contributed by atoms with Gasteiger partial charge in [0.2, 0.25) is 5.89 Å². The van der Waals surface area contributed by atoms with Gasteiger partial charge in [0.15, 0.2) is 5.58 Å². The van der Waals surface area contributed by atoms with E-state index in [4.69, 9.17) is 20.8 Å². The summed E-state index contributed by atoms with van der Waals surface area (Å²) in [7, 11) is 1.52. The maximum atomic E-state index is 12.5. The van der Waals surface area contributed by atoms with Gasteiger partial charge in [-0.25, -0.2) is 4.98 Å². The van der Waals surface area contributed by atoms with Gasteiger partial charge in [0.1, 0.15) is 11.3 Å². The Morgan fingerprint density at radius 3 is 2.53 bits per heavy atom. The van der Waals surface area contributed by atoms with Crippen LogP contribution in [0.25, 0.3) is 22.6 Å². The fourth-order valence-electron chi connectivity index (χ4n) is 3.20. The van der Waals surface area contributed by atoms with Crippen molar-refractivity contribution in [2.24, 2.45) is 0 Å². The molecule has 0 spiro atoms. The van der Waals surface area contributed by atoms with Crippen LogP contribution in [-0.2, 0) is 6.54 Å². The van der Waals surface area contributed by atoms with Crippen LogP contribution < -0.4 is 10.1 Å². The Labute approximate surface area is 179 Å². The summed E-state index contributed by atoms with van der Waals surface area (Å²) in [5, 5.41) is 3.37. The van der Waals surface area contributed by atoms with Crippen molar-refractivity contribution < 1.29 is 13.9 Å². The van der Waals surface area contributed by atoms with Crippen molar-refractivity contribution in [3.63, 3.8) is 0 Å². The van der Waals surface area contributed by atoms with E-state index in [0.29, 0.717) is 28.8 Å². The summed E-state index contributed by atoms with van der Waals surface area (Å²) in [6.07, 6.45) is 0. The van der Waals surface area contributed by atoms with Crippen LogP contribution in [0.1, 0.15) is 27.0 Å². The summed E-state index contributed by atoms with van der Waals surface area (Å²) in [4.78, 5) is 17.1. The molecule has 1 heterocycles. The van der Waals surface area contributed by atoms with Gasteiger partial charge in [-0.15, -0.1) is 0 Å². The fraction of sp³-hybridized carbons (Fsp3) is 0.167. The summed E-state index contributed by atoms with van der Waals surface area (Å²) in [5.41, 5.74) is 6.22. The monoisotopic (exact) mass is 420 g/mol. The summed E-state index contributed by atoms with van der Waals surface area (Å²) in [6.45, 7) is 4.49. The van der Waals surface area contributed by atoms with E-state index in [1.807, 2.05) is 36.4 Å². The number of nitrogens with zero attached hydrogens (tertiary/aromatic N) is 1. The molecule has 152 valence electrons. The Bertz CT molecular complexity index is 1190. The highest BCUT2D eigenvalue weighted by atomic mass is 35.5. The second kappa shape index (κ2) is 8.20. The van der Waals surface area contributed by atoms with Crippen LogP contribution in [0.2, 0.25) is 5.02 Å². The van der Waals surface area contributed by atoms with E-state index >= 15 is 0 Å². The molecule has 0 aliphatic rings. The van der Waals surface area contributed by atoms with Crippen molar-refractivity contribution in [2.45, 2.75) is 20.4 Å². The molecule has 4 aromatic rings. The third-order valence-corrected chi connectivity index (χ3v) is 5.30. The Hall–Kier alpha value is -3.31. The number of ether oxygens (including phenoxy) is 1. The lowest BCUT2D eigenvalue weighted by Crippen LogP contribution is -2.23. The smallest absolute Gasteiger partial charge is 0.255 e. The Kier molecular flexibility index (Phi) is 5.46. The molecular weight excluding hydrogens is 400 g/mol. The van der Waals surface area contributed by atoms with E-state index in [-0.39, 0.29) is 5.91 Å². The van der Waals surface area contributed by atoms with Gasteiger partial charge in [0.25, 0.3) is 5.91 Å². The number of aryl methyl sites for hydroxylation is 2. The highest BCUT2D eigenvalue weighted by molar-refractivity contribution is 6.31. The first-order valence-electron chi connectivity index (χ1n) is 9.53. The minimum Gasteiger partial charge on any atom is -0.496 e. The molecule has 30 heavy (non-hydrogen) atoms. The van der Waals surface area contributed by atoms with Crippen molar-refractivity contribution in [1.29, 1.82) is 0 Å². The highest BCUT2D eigenvalue weighted by Crippen LogP contribution is 2.27. The average molecular weight is 421 g/mol. The first-order valence-corrected chi connectivity index (χ1v) is 9.91. The molecule has 0 unspecified atom stereocenters. The summed E-state index contributed by atoms with van der Waals surface area (Å²) in [5.74, 6) is 0.811. The number of nitrogens with one attached hydrogen (secondary N) is 1. The lowest BCUT2D eigenvalue weighted by molar-refractivity contribution is 0.0948. The van der Waals surface area contributed by atoms with E-state index in [9.17, 15) is 4.79 Å². The largest absolute Gasteiger partial charge is 0.496 e. The van der Waals surface area contributed by atoms with E-state index in [2.05, 4.69) is 24.1 Å². The van der Waals surface area contributed by atoms with Crippen LogP contribution in [0.4, 0.5) is 0 Å². The lowest BCUT2D eigenvalue weighted by Gasteiger charge is -2.10. The molecule has 0 fully saturated rings. The molecule has 0 saturated carbocycles. The van der Waals surface area contributed by atoms with Crippen LogP contribution in [0.5, 0.6) is 5.75 Å². The van der Waals surface area contributed by atoms with Gasteiger partial charge in [-0.05, 0) is 73.0 Å². The number of oxazole rings is 1. The van der Waals surface area contributed by atoms with Crippen molar-refractivity contribution in [1.82, 2.24) is 10.3 Å². The third kappa shape index (κ3) is 4.02. The van der Waals surface area contributed by atoms with E-state index < -0.39 is 0 Å². The zero-order chi connectivity index (χ0) is 21.3. The molecular formula is C24H21ClN2O3. The molecule has 0 saturated heterocycles. The normalized spacial score (nSPS) is 10.9. The molecule has 0 atom stereocenters. The van der Waals surface area contributed by atoms with Gasteiger partial charge in [-0.3, -0.25) is 4.79 Å². The molecule has 6 heteroatoms. The number of carbonyl (C=O) groups is 1. The predicted octanol–water partition coefficient (Wildman–Crippen LogP) is 5.70. The summed E-state index contributed by atoms with van der Waals surface area (Å²) < 4.78 is 11.2. The van der Waals surface area contributed by atoms with Gasteiger partial charge >= 0.3 is 0 Å². The molecule has 0 bridgehead atoms. The number of amides is 1. The fourth-order valence-corrected chi connectivity index (χ4v) is 3.38. The zero-order valence-corrected chi connectivity index (χ0v) is 17.7. The van der Waals surface area contributed by atoms with Gasteiger partial charge in [0.05, 0.1) is 12.7 Å². The van der Waals surface area contributed by atoms with Crippen LogP contribution in [0.3, 0.4) is 0 Å². The number of halogens is 1. The Morgan fingerprint density at radius 1 is 1.07 bits per heavy atom. The first kappa shape index (κ1) is 20.0. The van der Waals surface area contributed by atoms with Gasteiger partial charge < -0.3 is 14.5 Å². The van der Waals surface area contributed by atoms with Crippen molar-refractivity contribution in [2.75, 3.05) is 7.11 Å². The lowest BCUT2D eigenvalue weighted by atomic mass is 10.1. The average Bonchev–Trinajstić information content (AvgIpc) is 3.15. The minimum absolute atomic E-state index is 0.247. The molecule has 5 nitrogen and oxygen atoms in total. The summed E-state index contributed by atoms with van der Waals surface area (Å²) in [6, 6.07) is 16.8. The van der Waals surface area contributed by atoms with Crippen LogP contribution in [0.15, 0.2) is 59.0 Å². The van der Waals surface area contributed by atoms with E-state index in [1.165, 1.54) is 18.2 Å². The van der Waals surface area contributed by atoms with Gasteiger partial charge in [0, 0.05) is 17.1 Å². The number of aromatic nitrogens is 1. The number of fused-ring (bicyclic) bond motifs is 1. The van der Waals surface area contributed by atoms with E-state index in [0.717, 1.165) is 22.2 Å². The molecule has 0 aliphatic heterocycles. The van der Waals surface area contributed by atoms with Crippen LogP contribution in [0, 0.1) is 13.8 Å². The van der Waals surface area contributed by atoms with Gasteiger partial charge in [-0.1, -0.05) is 23.7 Å². The first-order chi connectivity index (χ1) is 14.4. The summed E-state index contributed by atoms with van der Waals surface area (Å²) >= 11 is 6.01. The topological polar surface area (TPSA) is 64.4 Å². The Balaban J connectivity index is 1.48. The second-order valence-electron chi connectivity index (χ2n) is 7.15. The molecule has 3 aromatic carbocycles. The maximum absolute atomic E-state index is 12.5. The van der Waals surface area contributed by atoms with Crippen molar-refractivity contribution in [3.05, 3.63) is 81.9 Å². The standard InChI is InChI=1S/C24H21ClN2O3/c1-14-10-20-22(11-15(14)2)30-24(27-20)17-6-4-16(5-7-17)13-26-23(28)19-12-18(25)8-9-21(19)29-3/h4-12H,13H2,1-3H3,(H,26,28). The Morgan fingerprint density at radius 2 is 1.80 bits per heavy atom. The number of hydrogen-bond donors (Lipinski definition) is 1. The number of methoxy groups -OCH3 is 1. The number of hydrogen-bond acceptors (Lipinski definition) is 4. The van der Waals surface area contributed by atoms with Crippen LogP contribution >= 0.6 is 11.6 Å². The quantitative estimate of drug-likeness (QED) is 0.449. The van der Waals surface area contributed by atoms with E-state index in [1.54, 1.807) is 18.2 Å². The number of benzene rings is 3. The molecule has 1 amide bonds. The zero-order valence-electron chi connectivity index (χ0n) is 17.0. The van der Waals surface area contributed by atoms with Crippen molar-refractivity contribution >= 4 is 28.6 Å². The van der Waals surface area contributed by atoms with Crippen molar-refractivity contribution in [3.8, 4) is 17.2 Å². The SMILES string of the molecule is COc1ccc(Cl)cc1C(=O)NCc1ccc(-c2nc3cc(C)c(C)cc3o2)cc1. The highest BCUT2D eigenvalue weighted by Gasteiger charge is 2.13. The van der Waals surface area contributed by atoms with Gasteiger partial charge in [-0.2, -0.15) is 0 Å². The molecule has 0 radical (unpaired) electrons. The third-order valence-electron chi connectivity index (χ3n) is 5.06. The number of rotatable bonds is 5. The van der Waals surface area contributed by atoms with Crippen LogP contribution in [-0.4, -0.2) is 18.0 Å². The molecule has 1 aromatic heterocycles. The molecule has 1 N–H and O–H groups in total. The molecule has 4 rings (SSSR count). The second-order valence-corrected chi connectivity index (χ2v) is 7.58. The maximum Gasteiger partial charge on any atom is 0.255 e. The predicted molar refractivity (Wildman–Crippen MR) is 118 cm³/mol. The number of carbonyl (C=O) groups excluding carboxylic acids is 1. The molecule has 0 aliphatic carbocycles.